The van der Waals surface area contributed by atoms with E-state index in [1.165, 1.54) is 12.1 Å². The van der Waals surface area contributed by atoms with E-state index in [4.69, 9.17) is 0 Å². The standard InChI is InChI=1S/C19H28F3N3O3/c1-13(2)24-17(26)12-25-8-6-14(7-9-25)11-23-18(27)15-4-3-5-16(10-15)28-19(20,21)22/h3-5,10,13-14,17,24,26H,6-9,11-12H2,1-2H3,(H,23,27). The monoisotopic (exact) mass is 403 g/mol. The molecule has 0 aliphatic carbocycles. The normalized spacial score (nSPS) is 17.5. The van der Waals surface area contributed by atoms with Crippen LogP contribution in [-0.2, 0) is 0 Å². The number of likely N-dealkylation sites (tertiary alicyclic amines) is 1. The molecule has 158 valence electrons. The smallest absolute Gasteiger partial charge is 0.406 e. The van der Waals surface area contributed by atoms with Gasteiger partial charge >= 0.3 is 6.36 Å². The number of β-amino-alcohol motifs (C(OH)–C–C–N with tert-alkyl or cyclic N) is 1. The molecule has 1 amide bonds. The fourth-order valence-corrected chi connectivity index (χ4v) is 3.23. The fraction of sp³-hybridized carbons (Fsp3) is 0.632. The number of alkyl halides is 3. The number of halogens is 3. The third-order valence-electron chi connectivity index (χ3n) is 4.55. The van der Waals surface area contributed by atoms with Gasteiger partial charge in [-0.15, -0.1) is 13.2 Å². The van der Waals surface area contributed by atoms with Gasteiger partial charge in [0.25, 0.3) is 5.91 Å². The summed E-state index contributed by atoms with van der Waals surface area (Å²) in [7, 11) is 0. The van der Waals surface area contributed by atoms with Crippen molar-refractivity contribution in [3.8, 4) is 5.75 Å². The van der Waals surface area contributed by atoms with Crippen LogP contribution in [0.5, 0.6) is 5.75 Å². The van der Waals surface area contributed by atoms with Gasteiger partial charge in [-0.2, -0.15) is 0 Å². The number of amides is 1. The van der Waals surface area contributed by atoms with Crippen LogP contribution < -0.4 is 15.4 Å². The third kappa shape index (κ3) is 8.04. The number of aliphatic hydroxyl groups is 1. The lowest BCUT2D eigenvalue weighted by atomic mass is 9.96. The van der Waals surface area contributed by atoms with Crippen LogP contribution in [0.1, 0.15) is 37.0 Å². The maximum absolute atomic E-state index is 12.3. The maximum atomic E-state index is 12.3. The summed E-state index contributed by atoms with van der Waals surface area (Å²) in [6, 6.07) is 5.25. The van der Waals surface area contributed by atoms with Crippen LogP contribution in [-0.4, -0.2) is 60.7 Å². The summed E-state index contributed by atoms with van der Waals surface area (Å²) in [6.45, 7) is 6.62. The highest BCUT2D eigenvalue weighted by Crippen LogP contribution is 2.23. The van der Waals surface area contributed by atoms with Gasteiger partial charge in [0.1, 0.15) is 12.0 Å². The molecule has 1 atom stereocenters. The molecule has 0 bridgehead atoms. The van der Waals surface area contributed by atoms with Crippen molar-refractivity contribution >= 4 is 5.91 Å². The number of benzene rings is 1. The summed E-state index contributed by atoms with van der Waals surface area (Å²) >= 11 is 0. The molecule has 1 aliphatic heterocycles. The fourth-order valence-electron chi connectivity index (χ4n) is 3.23. The largest absolute Gasteiger partial charge is 0.573 e. The van der Waals surface area contributed by atoms with Gasteiger partial charge in [-0.1, -0.05) is 6.07 Å². The predicted octanol–water partition coefficient (Wildman–Crippen LogP) is 2.34. The van der Waals surface area contributed by atoms with E-state index in [1.54, 1.807) is 0 Å². The van der Waals surface area contributed by atoms with Gasteiger partial charge in [-0.25, -0.2) is 0 Å². The maximum Gasteiger partial charge on any atom is 0.573 e. The number of carbonyl (C=O) groups is 1. The molecule has 1 unspecified atom stereocenters. The van der Waals surface area contributed by atoms with Crippen LogP contribution in [0.25, 0.3) is 0 Å². The van der Waals surface area contributed by atoms with Gasteiger partial charge in [0, 0.05) is 24.7 Å². The Morgan fingerprint density at radius 1 is 1.32 bits per heavy atom. The van der Waals surface area contributed by atoms with Crippen molar-refractivity contribution in [1.82, 2.24) is 15.5 Å². The highest BCUT2D eigenvalue weighted by atomic mass is 19.4. The minimum Gasteiger partial charge on any atom is -0.406 e. The van der Waals surface area contributed by atoms with Gasteiger partial charge in [0.2, 0.25) is 0 Å². The Bertz CT molecular complexity index is 632. The quantitative estimate of drug-likeness (QED) is 0.581. The van der Waals surface area contributed by atoms with E-state index in [9.17, 15) is 23.1 Å². The molecule has 1 aromatic rings. The molecule has 1 aromatic carbocycles. The van der Waals surface area contributed by atoms with Crippen molar-refractivity contribution in [2.45, 2.75) is 45.3 Å². The minimum absolute atomic E-state index is 0.127. The minimum atomic E-state index is -4.79. The number of nitrogens with zero attached hydrogens (tertiary/aromatic N) is 1. The molecule has 9 heteroatoms. The van der Waals surface area contributed by atoms with Gasteiger partial charge in [-0.05, 0) is 63.9 Å². The molecule has 3 N–H and O–H groups in total. The number of hydrogen-bond donors (Lipinski definition) is 3. The zero-order chi connectivity index (χ0) is 20.7. The lowest BCUT2D eigenvalue weighted by Crippen LogP contribution is -2.47. The second kappa shape index (κ2) is 10.1. The van der Waals surface area contributed by atoms with Crippen LogP contribution in [0, 0.1) is 5.92 Å². The van der Waals surface area contributed by atoms with E-state index in [2.05, 4.69) is 20.3 Å². The van der Waals surface area contributed by atoms with Crippen LogP contribution in [0.3, 0.4) is 0 Å². The zero-order valence-electron chi connectivity index (χ0n) is 16.1. The Kier molecular flexibility index (Phi) is 8.09. The van der Waals surface area contributed by atoms with Gasteiger partial charge in [0.15, 0.2) is 0 Å². The van der Waals surface area contributed by atoms with E-state index < -0.39 is 24.2 Å². The lowest BCUT2D eigenvalue weighted by Gasteiger charge is -2.33. The Hall–Kier alpha value is -1.84. The molecule has 1 aliphatic rings. The number of aliphatic hydroxyl groups excluding tert-OH is 1. The Labute approximate surface area is 163 Å². The summed E-state index contributed by atoms with van der Waals surface area (Å²) in [5, 5.41) is 15.8. The second-order valence-corrected chi connectivity index (χ2v) is 7.37. The SMILES string of the molecule is CC(C)NC(O)CN1CCC(CNC(=O)c2cccc(OC(F)(F)F)c2)CC1. The summed E-state index contributed by atoms with van der Waals surface area (Å²) in [4.78, 5) is 14.4. The number of rotatable bonds is 8. The molecule has 1 heterocycles. The number of ether oxygens (including phenoxy) is 1. The molecule has 2 rings (SSSR count). The number of piperidine rings is 1. The molecular weight excluding hydrogens is 375 g/mol. The van der Waals surface area contributed by atoms with Crippen LogP contribution in [0.15, 0.2) is 24.3 Å². The molecule has 0 radical (unpaired) electrons. The molecular formula is C19H28F3N3O3. The van der Waals surface area contributed by atoms with Gasteiger partial charge < -0.3 is 15.2 Å². The molecule has 1 fully saturated rings. The van der Waals surface area contributed by atoms with E-state index in [0.717, 1.165) is 38.1 Å². The highest BCUT2D eigenvalue weighted by Gasteiger charge is 2.31. The summed E-state index contributed by atoms with van der Waals surface area (Å²) < 4.78 is 40.7. The Morgan fingerprint density at radius 2 is 2.00 bits per heavy atom. The van der Waals surface area contributed by atoms with Crippen molar-refractivity contribution in [1.29, 1.82) is 0 Å². The van der Waals surface area contributed by atoms with Gasteiger partial charge in [-0.3, -0.25) is 15.0 Å². The Morgan fingerprint density at radius 3 is 2.61 bits per heavy atom. The van der Waals surface area contributed by atoms with Crippen molar-refractivity contribution < 1.29 is 27.8 Å². The third-order valence-corrected chi connectivity index (χ3v) is 4.55. The summed E-state index contributed by atoms with van der Waals surface area (Å²) in [5.41, 5.74) is 0.127. The van der Waals surface area contributed by atoms with Crippen LogP contribution in [0.4, 0.5) is 13.2 Å². The number of nitrogens with one attached hydrogen (secondary N) is 2. The summed E-state index contributed by atoms with van der Waals surface area (Å²) in [6.07, 6.45) is -3.60. The first-order valence-electron chi connectivity index (χ1n) is 9.43. The van der Waals surface area contributed by atoms with Crippen LogP contribution in [0.2, 0.25) is 0 Å². The van der Waals surface area contributed by atoms with E-state index >= 15 is 0 Å². The first-order valence-corrected chi connectivity index (χ1v) is 9.43. The van der Waals surface area contributed by atoms with Crippen molar-refractivity contribution in [2.24, 2.45) is 5.92 Å². The van der Waals surface area contributed by atoms with Crippen molar-refractivity contribution in [2.75, 3.05) is 26.2 Å². The molecule has 6 nitrogen and oxygen atoms in total. The molecule has 0 aromatic heterocycles. The number of hydrogen-bond acceptors (Lipinski definition) is 5. The first kappa shape index (κ1) is 22.4. The number of carbonyl (C=O) groups excluding carboxylic acids is 1. The van der Waals surface area contributed by atoms with E-state index in [0.29, 0.717) is 19.0 Å². The van der Waals surface area contributed by atoms with E-state index in [-0.39, 0.29) is 11.6 Å². The molecule has 0 spiro atoms. The highest BCUT2D eigenvalue weighted by molar-refractivity contribution is 5.94. The van der Waals surface area contributed by atoms with Gasteiger partial charge in [0.05, 0.1) is 0 Å². The average molecular weight is 403 g/mol. The second-order valence-electron chi connectivity index (χ2n) is 7.37. The summed E-state index contributed by atoms with van der Waals surface area (Å²) in [5.74, 6) is -0.543. The topological polar surface area (TPSA) is 73.8 Å². The predicted molar refractivity (Wildman–Crippen MR) is 98.9 cm³/mol. The zero-order valence-corrected chi connectivity index (χ0v) is 16.1. The lowest BCUT2D eigenvalue weighted by molar-refractivity contribution is -0.274. The first-order chi connectivity index (χ1) is 13.1. The molecule has 0 saturated carbocycles. The van der Waals surface area contributed by atoms with Crippen LogP contribution >= 0.6 is 0 Å². The van der Waals surface area contributed by atoms with E-state index in [1.807, 2.05) is 13.8 Å². The molecule has 28 heavy (non-hydrogen) atoms. The Balaban J connectivity index is 1.75. The van der Waals surface area contributed by atoms with Crippen molar-refractivity contribution in [3.05, 3.63) is 29.8 Å². The average Bonchev–Trinajstić information content (AvgIpc) is 2.59. The van der Waals surface area contributed by atoms with Crippen molar-refractivity contribution in [3.63, 3.8) is 0 Å². The molecule has 1 saturated heterocycles.